The van der Waals surface area contributed by atoms with E-state index in [0.717, 1.165) is 25.7 Å². The predicted molar refractivity (Wildman–Crippen MR) is 99.7 cm³/mol. The van der Waals surface area contributed by atoms with Gasteiger partial charge >= 0.3 is 0 Å². The third-order valence-electron chi connectivity index (χ3n) is 4.03. The van der Waals surface area contributed by atoms with Crippen molar-refractivity contribution < 1.29 is 14.3 Å². The zero-order chi connectivity index (χ0) is 18.7. The number of anilines is 1. The van der Waals surface area contributed by atoms with Crippen molar-refractivity contribution >= 4 is 11.6 Å². The van der Waals surface area contributed by atoms with Crippen molar-refractivity contribution in [1.82, 2.24) is 0 Å². The summed E-state index contributed by atoms with van der Waals surface area (Å²) in [5.41, 5.74) is -0.0271. The normalized spacial score (nSPS) is 12.9. The number of nitriles is 1. The molecule has 1 rings (SSSR count). The summed E-state index contributed by atoms with van der Waals surface area (Å²) in [4.78, 5) is 12.8. The zero-order valence-corrected chi connectivity index (χ0v) is 15.9. The summed E-state index contributed by atoms with van der Waals surface area (Å²) in [6.07, 6.45) is 4.62. The molecule has 0 fully saturated rings. The Morgan fingerprint density at radius 2 is 2.00 bits per heavy atom. The van der Waals surface area contributed by atoms with E-state index >= 15 is 0 Å². The molecule has 0 aliphatic heterocycles. The van der Waals surface area contributed by atoms with Crippen LogP contribution in [0, 0.1) is 11.3 Å². The number of ether oxygens (including phenoxy) is 2. The van der Waals surface area contributed by atoms with Crippen LogP contribution in [0.2, 0.25) is 0 Å². The number of hydrogen-bond donors (Lipinski definition) is 1. The number of nitrogens with one attached hydrogen (secondary N) is 1. The number of carbonyl (C=O) groups excluding carboxylic acids is 1. The Bertz CT molecular complexity index is 595. The average molecular weight is 346 g/mol. The van der Waals surface area contributed by atoms with Crippen LogP contribution in [0.15, 0.2) is 18.2 Å². The van der Waals surface area contributed by atoms with E-state index in [1.165, 1.54) is 0 Å². The van der Waals surface area contributed by atoms with Crippen molar-refractivity contribution in [3.8, 4) is 11.8 Å². The summed E-state index contributed by atoms with van der Waals surface area (Å²) >= 11 is 0. The lowest BCUT2D eigenvalue weighted by Gasteiger charge is -2.28. The first-order valence-electron chi connectivity index (χ1n) is 9.13. The van der Waals surface area contributed by atoms with E-state index in [1.54, 1.807) is 18.2 Å². The van der Waals surface area contributed by atoms with Crippen LogP contribution < -0.4 is 10.1 Å². The molecule has 25 heavy (non-hydrogen) atoms. The summed E-state index contributed by atoms with van der Waals surface area (Å²) in [6.45, 7) is 8.89. The molecule has 0 aromatic heterocycles. The fraction of sp³-hybridized carbons (Fsp3) is 0.600. The van der Waals surface area contributed by atoms with Gasteiger partial charge in [-0.1, -0.05) is 33.1 Å². The monoisotopic (exact) mass is 346 g/mol. The van der Waals surface area contributed by atoms with Crippen LogP contribution in [-0.4, -0.2) is 24.7 Å². The van der Waals surface area contributed by atoms with Crippen LogP contribution >= 0.6 is 0 Å². The number of carbonyl (C=O) groups is 1. The molecule has 0 aliphatic rings. The minimum Gasteiger partial charge on any atom is -0.494 e. The van der Waals surface area contributed by atoms with Crippen LogP contribution in [0.4, 0.5) is 5.69 Å². The lowest BCUT2D eigenvalue weighted by atomic mass is 9.96. The van der Waals surface area contributed by atoms with E-state index in [0.29, 0.717) is 36.6 Å². The number of rotatable bonds is 11. The van der Waals surface area contributed by atoms with E-state index in [2.05, 4.69) is 18.3 Å². The molecule has 0 bridgehead atoms. The molecule has 0 aliphatic carbocycles. The van der Waals surface area contributed by atoms with Crippen LogP contribution in [-0.2, 0) is 9.53 Å². The van der Waals surface area contributed by atoms with Gasteiger partial charge in [-0.15, -0.1) is 0 Å². The quantitative estimate of drug-likeness (QED) is 0.591. The van der Waals surface area contributed by atoms with Crippen molar-refractivity contribution in [2.75, 3.05) is 18.5 Å². The highest BCUT2D eigenvalue weighted by atomic mass is 16.5. The molecular weight excluding hydrogens is 316 g/mol. The predicted octanol–water partition coefficient (Wildman–Crippen LogP) is 4.66. The summed E-state index contributed by atoms with van der Waals surface area (Å²) in [5, 5.41) is 12.2. The largest absolute Gasteiger partial charge is 0.494 e. The van der Waals surface area contributed by atoms with Crippen molar-refractivity contribution in [1.29, 1.82) is 5.26 Å². The van der Waals surface area contributed by atoms with Crippen LogP contribution in [0.25, 0.3) is 0 Å². The lowest BCUT2D eigenvalue weighted by Crippen LogP contribution is -2.43. The van der Waals surface area contributed by atoms with Gasteiger partial charge in [0.2, 0.25) is 0 Å². The van der Waals surface area contributed by atoms with Gasteiger partial charge in [0.1, 0.15) is 17.4 Å². The third kappa shape index (κ3) is 6.39. The van der Waals surface area contributed by atoms with Gasteiger partial charge in [-0.2, -0.15) is 5.26 Å². The van der Waals surface area contributed by atoms with E-state index in [4.69, 9.17) is 9.47 Å². The van der Waals surface area contributed by atoms with Gasteiger partial charge in [0.15, 0.2) is 0 Å². The zero-order valence-electron chi connectivity index (χ0n) is 15.9. The Labute approximate surface area is 151 Å². The smallest absolute Gasteiger partial charge is 0.256 e. The summed E-state index contributed by atoms with van der Waals surface area (Å²) in [6, 6.07) is 7.24. The SMILES string of the molecule is CCCCCC(C)(OCC)C(=O)Nc1ccc(OCCC)cc1C#N. The van der Waals surface area contributed by atoms with E-state index in [9.17, 15) is 10.1 Å². The maximum Gasteiger partial charge on any atom is 0.256 e. The van der Waals surface area contributed by atoms with Crippen molar-refractivity contribution in [3.63, 3.8) is 0 Å². The summed E-state index contributed by atoms with van der Waals surface area (Å²) in [7, 11) is 0. The maximum atomic E-state index is 12.8. The molecule has 138 valence electrons. The molecule has 1 aromatic rings. The fourth-order valence-electron chi connectivity index (χ4n) is 2.57. The molecule has 0 saturated carbocycles. The number of hydrogen-bond acceptors (Lipinski definition) is 4. The van der Waals surface area contributed by atoms with Crippen LogP contribution in [0.5, 0.6) is 5.75 Å². The number of amides is 1. The molecule has 1 atom stereocenters. The minimum absolute atomic E-state index is 0.218. The highest BCUT2D eigenvalue weighted by Crippen LogP contribution is 2.26. The van der Waals surface area contributed by atoms with Gasteiger partial charge in [-0.3, -0.25) is 4.79 Å². The Morgan fingerprint density at radius 1 is 1.24 bits per heavy atom. The maximum absolute atomic E-state index is 12.8. The molecule has 1 unspecified atom stereocenters. The second-order valence-corrected chi connectivity index (χ2v) is 6.24. The minimum atomic E-state index is -0.895. The van der Waals surface area contributed by atoms with Gasteiger partial charge in [-0.05, 0) is 44.9 Å². The lowest BCUT2D eigenvalue weighted by molar-refractivity contribution is -0.139. The average Bonchev–Trinajstić information content (AvgIpc) is 2.61. The number of benzene rings is 1. The summed E-state index contributed by atoms with van der Waals surface area (Å²) in [5.74, 6) is 0.413. The first-order chi connectivity index (χ1) is 12.0. The molecule has 0 heterocycles. The summed E-state index contributed by atoms with van der Waals surface area (Å²) < 4.78 is 11.3. The fourth-order valence-corrected chi connectivity index (χ4v) is 2.57. The van der Waals surface area contributed by atoms with Crippen LogP contribution in [0.3, 0.4) is 0 Å². The molecular formula is C20H30N2O3. The number of unbranched alkanes of at least 4 members (excludes halogenated alkanes) is 2. The van der Waals surface area contributed by atoms with Crippen molar-refractivity contribution in [2.45, 2.75) is 65.4 Å². The molecule has 1 N–H and O–H groups in total. The molecule has 5 heteroatoms. The van der Waals surface area contributed by atoms with Gasteiger partial charge in [0.05, 0.1) is 17.9 Å². The van der Waals surface area contributed by atoms with E-state index in [1.807, 2.05) is 20.8 Å². The molecule has 0 radical (unpaired) electrons. The molecule has 1 aromatic carbocycles. The first-order valence-corrected chi connectivity index (χ1v) is 9.13. The topological polar surface area (TPSA) is 71.3 Å². The molecule has 5 nitrogen and oxygen atoms in total. The van der Waals surface area contributed by atoms with E-state index in [-0.39, 0.29) is 5.91 Å². The van der Waals surface area contributed by atoms with Gasteiger partial charge in [0, 0.05) is 6.61 Å². The Morgan fingerprint density at radius 3 is 2.60 bits per heavy atom. The second-order valence-electron chi connectivity index (χ2n) is 6.24. The Balaban J connectivity index is 2.90. The highest BCUT2D eigenvalue weighted by molar-refractivity contribution is 5.98. The highest BCUT2D eigenvalue weighted by Gasteiger charge is 2.33. The Kier molecular flexibility index (Phi) is 9.01. The third-order valence-corrected chi connectivity index (χ3v) is 4.03. The van der Waals surface area contributed by atoms with Crippen molar-refractivity contribution in [2.24, 2.45) is 0 Å². The number of nitrogens with zero attached hydrogens (tertiary/aromatic N) is 1. The second kappa shape index (κ2) is 10.7. The van der Waals surface area contributed by atoms with Gasteiger partial charge < -0.3 is 14.8 Å². The van der Waals surface area contributed by atoms with Crippen molar-refractivity contribution in [3.05, 3.63) is 23.8 Å². The molecule has 0 spiro atoms. The van der Waals surface area contributed by atoms with Gasteiger partial charge in [-0.25, -0.2) is 0 Å². The standard InChI is InChI=1S/C20H30N2O3/c1-5-8-9-12-20(4,25-7-3)19(23)22-18-11-10-17(24-13-6-2)14-16(18)15-21/h10-11,14H,5-9,12-13H2,1-4H3,(H,22,23). The van der Waals surface area contributed by atoms with Crippen LogP contribution in [0.1, 0.15) is 65.4 Å². The molecule has 1 amide bonds. The Hall–Kier alpha value is -2.06. The first kappa shape index (κ1) is 21.0. The van der Waals surface area contributed by atoms with Gasteiger partial charge in [0.25, 0.3) is 5.91 Å². The van der Waals surface area contributed by atoms with E-state index < -0.39 is 5.60 Å². The molecule has 0 saturated heterocycles.